The summed E-state index contributed by atoms with van der Waals surface area (Å²) < 4.78 is 0. The van der Waals surface area contributed by atoms with Gasteiger partial charge in [-0.15, -0.1) is 0 Å². The first-order valence-electron chi connectivity index (χ1n) is 3.45. The second-order valence-corrected chi connectivity index (χ2v) is 1.81. The van der Waals surface area contributed by atoms with E-state index < -0.39 is 0 Å². The highest BCUT2D eigenvalue weighted by atomic mass is 16.2. The number of carbonyl (C=O) groups excluding carboxylic acids is 1. The molecule has 0 aliphatic rings. The summed E-state index contributed by atoms with van der Waals surface area (Å²) in [4.78, 5) is 12.0. The molecular formula is C8H17NO. The first-order valence-corrected chi connectivity index (χ1v) is 3.45. The van der Waals surface area contributed by atoms with Crippen LogP contribution in [0.15, 0.2) is 12.3 Å². The van der Waals surface area contributed by atoms with E-state index in [9.17, 15) is 4.79 Å². The molecule has 0 aliphatic carbocycles. The zero-order chi connectivity index (χ0) is 8.73. The molecule has 0 unspecified atom stereocenters. The van der Waals surface area contributed by atoms with Crippen LogP contribution in [0, 0.1) is 0 Å². The zero-order valence-electron chi connectivity index (χ0n) is 7.56. The summed E-state index contributed by atoms with van der Waals surface area (Å²) in [7, 11) is 1.70. The Bertz CT molecular complexity index is 104. The summed E-state index contributed by atoms with van der Waals surface area (Å²) in [5, 5.41) is 0. The van der Waals surface area contributed by atoms with Crippen molar-refractivity contribution in [3.63, 3.8) is 0 Å². The molecule has 0 rings (SSSR count). The number of carbonyl (C=O) groups is 1. The Morgan fingerprint density at radius 2 is 1.60 bits per heavy atom. The van der Waals surface area contributed by atoms with Crippen LogP contribution < -0.4 is 0 Å². The molecule has 10 heavy (non-hydrogen) atoms. The van der Waals surface area contributed by atoms with Crippen molar-refractivity contribution in [2.45, 2.75) is 27.7 Å². The zero-order valence-corrected chi connectivity index (χ0v) is 7.56. The summed E-state index contributed by atoms with van der Waals surface area (Å²) in [6, 6.07) is 0. The molecule has 2 nitrogen and oxygen atoms in total. The number of allylic oxidation sites excluding steroid dienone is 1. The van der Waals surface area contributed by atoms with Gasteiger partial charge in [0.15, 0.2) is 0 Å². The second-order valence-electron chi connectivity index (χ2n) is 1.81. The summed E-state index contributed by atoms with van der Waals surface area (Å²) >= 11 is 0. The van der Waals surface area contributed by atoms with Gasteiger partial charge in [-0.05, 0) is 6.92 Å². The molecule has 1 amide bonds. The van der Waals surface area contributed by atoms with Crippen molar-refractivity contribution in [1.29, 1.82) is 0 Å². The highest BCUT2D eigenvalue weighted by Crippen LogP contribution is 1.93. The quantitative estimate of drug-likeness (QED) is 0.550. The van der Waals surface area contributed by atoms with Crippen molar-refractivity contribution in [2.24, 2.45) is 0 Å². The maximum absolute atomic E-state index is 10.5. The second kappa shape index (κ2) is 6.33. The van der Waals surface area contributed by atoms with Gasteiger partial charge in [0.2, 0.25) is 5.91 Å². The Labute approximate surface area is 63.5 Å². The molecule has 2 heteroatoms. The molecule has 0 N–H and O–H groups in total. The molecule has 0 spiro atoms. The van der Waals surface area contributed by atoms with Crippen molar-refractivity contribution < 1.29 is 4.79 Å². The van der Waals surface area contributed by atoms with E-state index in [2.05, 4.69) is 6.58 Å². The van der Waals surface area contributed by atoms with Gasteiger partial charge in [0.1, 0.15) is 0 Å². The Kier molecular flexibility index (Phi) is 7.56. The Hall–Kier alpha value is -0.790. The largest absolute Gasteiger partial charge is 0.320 e. The highest BCUT2D eigenvalue weighted by molar-refractivity contribution is 5.74. The van der Waals surface area contributed by atoms with E-state index in [1.807, 2.05) is 13.8 Å². The number of nitrogens with zero attached hydrogens (tertiary/aromatic N) is 1. The number of hydrogen-bond donors (Lipinski definition) is 0. The average Bonchev–Trinajstić information content (AvgIpc) is 1.90. The number of amides is 1. The van der Waals surface area contributed by atoms with E-state index in [-0.39, 0.29) is 5.91 Å². The van der Waals surface area contributed by atoms with Gasteiger partial charge in [-0.3, -0.25) is 4.79 Å². The maximum atomic E-state index is 10.5. The Balaban J connectivity index is 0. The maximum Gasteiger partial charge on any atom is 0.223 e. The molecule has 60 valence electrons. The van der Waals surface area contributed by atoms with Crippen LogP contribution in [-0.2, 0) is 4.79 Å². The van der Waals surface area contributed by atoms with Gasteiger partial charge in [0.05, 0.1) is 0 Å². The lowest BCUT2D eigenvalue weighted by Crippen LogP contribution is -2.20. The molecule has 0 aliphatic heterocycles. The Morgan fingerprint density at radius 1 is 1.30 bits per heavy atom. The average molecular weight is 143 g/mol. The summed E-state index contributed by atoms with van der Waals surface area (Å²) in [6.45, 7) is 10.9. The fourth-order valence-corrected chi connectivity index (χ4v) is 0.269. The summed E-state index contributed by atoms with van der Waals surface area (Å²) in [6.07, 6.45) is 0. The van der Waals surface area contributed by atoms with E-state index in [0.29, 0.717) is 0 Å². The van der Waals surface area contributed by atoms with Gasteiger partial charge in [0.25, 0.3) is 0 Å². The SMILES string of the molecule is C=C(C)N(C)C(C)=O.CC. The molecule has 0 heterocycles. The Morgan fingerprint density at radius 3 is 1.60 bits per heavy atom. The summed E-state index contributed by atoms with van der Waals surface area (Å²) in [5.41, 5.74) is 0.775. The third kappa shape index (κ3) is 5.35. The van der Waals surface area contributed by atoms with Crippen LogP contribution >= 0.6 is 0 Å². The lowest BCUT2D eigenvalue weighted by atomic mass is 10.5. The van der Waals surface area contributed by atoms with E-state index in [4.69, 9.17) is 0 Å². The van der Waals surface area contributed by atoms with Gasteiger partial charge < -0.3 is 4.90 Å². The van der Waals surface area contributed by atoms with Crippen LogP contribution in [0.2, 0.25) is 0 Å². The van der Waals surface area contributed by atoms with Crippen LogP contribution in [0.3, 0.4) is 0 Å². The first kappa shape index (κ1) is 11.9. The minimum absolute atomic E-state index is 0.0255. The van der Waals surface area contributed by atoms with Crippen LogP contribution in [0.4, 0.5) is 0 Å². The minimum atomic E-state index is 0.0255. The van der Waals surface area contributed by atoms with Crippen LogP contribution in [0.25, 0.3) is 0 Å². The van der Waals surface area contributed by atoms with E-state index in [0.717, 1.165) is 5.70 Å². The van der Waals surface area contributed by atoms with Gasteiger partial charge in [0, 0.05) is 19.7 Å². The number of rotatable bonds is 1. The molecule has 0 atom stereocenters. The molecule has 0 fully saturated rings. The van der Waals surface area contributed by atoms with E-state index >= 15 is 0 Å². The lowest BCUT2D eigenvalue weighted by molar-refractivity contribution is -0.125. The first-order chi connectivity index (χ1) is 4.55. The number of hydrogen-bond acceptors (Lipinski definition) is 1. The van der Waals surface area contributed by atoms with Gasteiger partial charge in [-0.25, -0.2) is 0 Å². The highest BCUT2D eigenvalue weighted by Gasteiger charge is 1.98. The lowest BCUT2D eigenvalue weighted by Gasteiger charge is -2.12. The standard InChI is InChI=1S/C6H11NO.C2H6/c1-5(2)7(4)6(3)8;1-2/h1H2,2-4H3;1-2H3. The molecule has 0 aromatic heterocycles. The minimum Gasteiger partial charge on any atom is -0.320 e. The molecule has 0 saturated carbocycles. The molecule has 0 radical (unpaired) electrons. The fraction of sp³-hybridized carbons (Fsp3) is 0.625. The van der Waals surface area contributed by atoms with Crippen LogP contribution in [0.5, 0.6) is 0 Å². The van der Waals surface area contributed by atoms with Crippen molar-refractivity contribution in [3.8, 4) is 0 Å². The topological polar surface area (TPSA) is 20.3 Å². The molecule has 0 bridgehead atoms. The van der Waals surface area contributed by atoms with Gasteiger partial charge in [-0.2, -0.15) is 0 Å². The van der Waals surface area contributed by atoms with Crippen LogP contribution in [0.1, 0.15) is 27.7 Å². The molecule has 0 aromatic rings. The van der Waals surface area contributed by atoms with E-state index in [1.54, 1.807) is 14.0 Å². The van der Waals surface area contributed by atoms with Gasteiger partial charge in [-0.1, -0.05) is 20.4 Å². The predicted octanol–water partition coefficient (Wildman–Crippen LogP) is 2.02. The predicted molar refractivity (Wildman–Crippen MR) is 44.6 cm³/mol. The molecule has 0 saturated heterocycles. The normalized spacial score (nSPS) is 7.30. The van der Waals surface area contributed by atoms with Gasteiger partial charge >= 0.3 is 0 Å². The van der Waals surface area contributed by atoms with Crippen molar-refractivity contribution in [3.05, 3.63) is 12.3 Å². The fourth-order valence-electron chi connectivity index (χ4n) is 0.269. The third-order valence-corrected chi connectivity index (χ3v) is 1.04. The monoisotopic (exact) mass is 143 g/mol. The van der Waals surface area contributed by atoms with Crippen molar-refractivity contribution >= 4 is 5.91 Å². The van der Waals surface area contributed by atoms with Crippen molar-refractivity contribution in [1.82, 2.24) is 4.90 Å². The third-order valence-electron chi connectivity index (χ3n) is 1.04. The van der Waals surface area contributed by atoms with Crippen LogP contribution in [-0.4, -0.2) is 17.9 Å². The summed E-state index contributed by atoms with van der Waals surface area (Å²) in [5.74, 6) is 0.0255. The van der Waals surface area contributed by atoms with Crippen molar-refractivity contribution in [2.75, 3.05) is 7.05 Å². The smallest absolute Gasteiger partial charge is 0.223 e. The van der Waals surface area contributed by atoms with E-state index in [1.165, 1.54) is 11.8 Å². The molecular weight excluding hydrogens is 126 g/mol. The molecule has 0 aromatic carbocycles.